The SMILES string of the molecule is CC(C)c1ccc([C@@H]2C[C@@H]3CNC[C@H]32)cc1. The molecule has 3 atom stereocenters. The van der Waals surface area contributed by atoms with Crippen molar-refractivity contribution in [3.05, 3.63) is 35.4 Å². The summed E-state index contributed by atoms with van der Waals surface area (Å²) in [5, 5.41) is 3.51. The Balaban J connectivity index is 1.75. The smallest absolute Gasteiger partial charge is 0.00114 e. The normalized spacial score (nSPS) is 32.6. The van der Waals surface area contributed by atoms with Crippen molar-refractivity contribution in [2.75, 3.05) is 13.1 Å². The van der Waals surface area contributed by atoms with Crippen LogP contribution in [0, 0.1) is 11.8 Å². The zero-order valence-corrected chi connectivity index (χ0v) is 10.2. The monoisotopic (exact) mass is 215 g/mol. The summed E-state index contributed by atoms with van der Waals surface area (Å²) in [7, 11) is 0. The van der Waals surface area contributed by atoms with E-state index in [4.69, 9.17) is 0 Å². The van der Waals surface area contributed by atoms with Crippen LogP contribution < -0.4 is 5.32 Å². The zero-order valence-electron chi connectivity index (χ0n) is 10.2. The molecule has 86 valence electrons. The second-order valence-electron chi connectivity index (χ2n) is 5.75. The molecule has 0 unspecified atom stereocenters. The first-order chi connectivity index (χ1) is 7.75. The molecule has 1 aliphatic carbocycles. The maximum Gasteiger partial charge on any atom is -0.00114 e. The lowest BCUT2D eigenvalue weighted by Gasteiger charge is -2.40. The Kier molecular flexibility index (Phi) is 2.51. The average Bonchev–Trinajstić information content (AvgIpc) is 2.61. The molecule has 1 saturated carbocycles. The summed E-state index contributed by atoms with van der Waals surface area (Å²) in [6.07, 6.45) is 1.40. The maximum absolute atomic E-state index is 3.51. The molecule has 0 spiro atoms. The molecule has 1 aliphatic heterocycles. The summed E-state index contributed by atoms with van der Waals surface area (Å²) in [5.41, 5.74) is 3.03. The highest BCUT2D eigenvalue weighted by Gasteiger charge is 2.44. The predicted molar refractivity (Wildman–Crippen MR) is 67.7 cm³/mol. The molecular weight excluding hydrogens is 194 g/mol. The molecule has 16 heavy (non-hydrogen) atoms. The highest BCUT2D eigenvalue weighted by Crippen LogP contribution is 2.48. The van der Waals surface area contributed by atoms with Crippen molar-refractivity contribution >= 4 is 0 Å². The average molecular weight is 215 g/mol. The van der Waals surface area contributed by atoms with E-state index in [9.17, 15) is 0 Å². The first-order valence-electron chi connectivity index (χ1n) is 6.56. The number of hydrogen-bond donors (Lipinski definition) is 1. The lowest BCUT2D eigenvalue weighted by Crippen LogP contribution is -2.33. The fraction of sp³-hybridized carbons (Fsp3) is 0.600. The Morgan fingerprint density at radius 3 is 2.50 bits per heavy atom. The van der Waals surface area contributed by atoms with E-state index in [0.29, 0.717) is 5.92 Å². The van der Waals surface area contributed by atoms with Crippen molar-refractivity contribution in [3.8, 4) is 0 Å². The van der Waals surface area contributed by atoms with Crippen molar-refractivity contribution in [1.82, 2.24) is 5.32 Å². The molecule has 1 aromatic rings. The largest absolute Gasteiger partial charge is 0.316 e. The minimum Gasteiger partial charge on any atom is -0.316 e. The van der Waals surface area contributed by atoms with Crippen molar-refractivity contribution < 1.29 is 0 Å². The summed E-state index contributed by atoms with van der Waals surface area (Å²) in [6.45, 7) is 7.01. The molecule has 1 heterocycles. The van der Waals surface area contributed by atoms with Crippen LogP contribution in [0.2, 0.25) is 0 Å². The van der Waals surface area contributed by atoms with E-state index in [1.165, 1.54) is 25.1 Å². The molecule has 2 fully saturated rings. The number of nitrogens with one attached hydrogen (secondary N) is 1. The minimum absolute atomic E-state index is 0.649. The molecule has 2 aliphatic rings. The molecular formula is C15H21N. The van der Waals surface area contributed by atoms with Crippen LogP contribution in [0.15, 0.2) is 24.3 Å². The molecule has 1 heteroatoms. The lowest BCUT2D eigenvalue weighted by atomic mass is 9.64. The lowest BCUT2D eigenvalue weighted by molar-refractivity contribution is 0.191. The van der Waals surface area contributed by atoms with E-state index in [1.807, 2.05) is 0 Å². The second kappa shape index (κ2) is 3.89. The summed E-state index contributed by atoms with van der Waals surface area (Å²) < 4.78 is 0. The maximum atomic E-state index is 3.51. The van der Waals surface area contributed by atoms with E-state index < -0.39 is 0 Å². The van der Waals surface area contributed by atoms with Gasteiger partial charge >= 0.3 is 0 Å². The summed E-state index contributed by atoms with van der Waals surface area (Å²) in [6, 6.07) is 9.34. The van der Waals surface area contributed by atoms with Gasteiger partial charge in [0.05, 0.1) is 0 Å². The van der Waals surface area contributed by atoms with Crippen LogP contribution in [0.1, 0.15) is 43.2 Å². The third-order valence-corrected chi connectivity index (χ3v) is 4.50. The second-order valence-corrected chi connectivity index (χ2v) is 5.75. The first-order valence-corrected chi connectivity index (χ1v) is 6.56. The van der Waals surface area contributed by atoms with Crippen LogP contribution in [-0.4, -0.2) is 13.1 Å². The van der Waals surface area contributed by atoms with Crippen LogP contribution in [-0.2, 0) is 0 Å². The summed E-state index contributed by atoms with van der Waals surface area (Å²) in [4.78, 5) is 0. The van der Waals surface area contributed by atoms with Gasteiger partial charge in [-0.2, -0.15) is 0 Å². The third-order valence-electron chi connectivity index (χ3n) is 4.50. The van der Waals surface area contributed by atoms with Gasteiger partial charge in [0.15, 0.2) is 0 Å². The Labute approximate surface area is 98.3 Å². The molecule has 0 amide bonds. The number of fused-ring (bicyclic) bond motifs is 1. The molecule has 0 radical (unpaired) electrons. The molecule has 0 aromatic heterocycles. The van der Waals surface area contributed by atoms with Gasteiger partial charge in [-0.15, -0.1) is 0 Å². The number of benzene rings is 1. The van der Waals surface area contributed by atoms with Gasteiger partial charge in [-0.1, -0.05) is 38.1 Å². The zero-order chi connectivity index (χ0) is 11.1. The van der Waals surface area contributed by atoms with Crippen molar-refractivity contribution in [3.63, 3.8) is 0 Å². The Bertz CT molecular complexity index is 366. The Morgan fingerprint density at radius 2 is 1.88 bits per heavy atom. The highest BCUT2D eigenvalue weighted by molar-refractivity contribution is 5.30. The molecule has 1 aromatic carbocycles. The summed E-state index contributed by atoms with van der Waals surface area (Å²) >= 11 is 0. The Morgan fingerprint density at radius 1 is 1.12 bits per heavy atom. The minimum atomic E-state index is 0.649. The molecule has 1 saturated heterocycles. The van der Waals surface area contributed by atoms with Gasteiger partial charge in [0.1, 0.15) is 0 Å². The van der Waals surface area contributed by atoms with E-state index in [0.717, 1.165) is 17.8 Å². The van der Waals surface area contributed by atoms with E-state index in [2.05, 4.69) is 43.4 Å². The van der Waals surface area contributed by atoms with Gasteiger partial charge in [0.2, 0.25) is 0 Å². The van der Waals surface area contributed by atoms with Crippen LogP contribution in [0.25, 0.3) is 0 Å². The van der Waals surface area contributed by atoms with Crippen LogP contribution in [0.5, 0.6) is 0 Å². The third kappa shape index (κ3) is 1.58. The van der Waals surface area contributed by atoms with Gasteiger partial charge < -0.3 is 5.32 Å². The quantitative estimate of drug-likeness (QED) is 0.799. The van der Waals surface area contributed by atoms with Crippen molar-refractivity contribution in [2.24, 2.45) is 11.8 Å². The standard InChI is InChI=1S/C15H21N/c1-10(2)11-3-5-12(6-4-11)14-7-13-8-16-9-15(13)14/h3-6,10,13-16H,7-9H2,1-2H3/t13-,14+,15-/m1/s1. The summed E-state index contributed by atoms with van der Waals surface area (Å²) in [5.74, 6) is 3.37. The number of rotatable bonds is 2. The fourth-order valence-electron chi connectivity index (χ4n) is 3.30. The van der Waals surface area contributed by atoms with Gasteiger partial charge in [-0.05, 0) is 54.3 Å². The van der Waals surface area contributed by atoms with Gasteiger partial charge in [0.25, 0.3) is 0 Å². The van der Waals surface area contributed by atoms with E-state index in [1.54, 1.807) is 5.56 Å². The van der Waals surface area contributed by atoms with Gasteiger partial charge in [0, 0.05) is 0 Å². The molecule has 1 nitrogen and oxygen atoms in total. The van der Waals surface area contributed by atoms with Crippen LogP contribution in [0.3, 0.4) is 0 Å². The van der Waals surface area contributed by atoms with Crippen molar-refractivity contribution in [1.29, 1.82) is 0 Å². The van der Waals surface area contributed by atoms with E-state index >= 15 is 0 Å². The number of hydrogen-bond acceptors (Lipinski definition) is 1. The first kappa shape index (κ1) is 10.3. The molecule has 0 bridgehead atoms. The predicted octanol–water partition coefficient (Wildman–Crippen LogP) is 3.13. The van der Waals surface area contributed by atoms with Crippen molar-refractivity contribution in [2.45, 2.75) is 32.1 Å². The molecule has 1 N–H and O–H groups in total. The Hall–Kier alpha value is -0.820. The highest BCUT2D eigenvalue weighted by atomic mass is 14.9. The van der Waals surface area contributed by atoms with Gasteiger partial charge in [-0.25, -0.2) is 0 Å². The fourth-order valence-corrected chi connectivity index (χ4v) is 3.30. The van der Waals surface area contributed by atoms with Gasteiger partial charge in [-0.3, -0.25) is 0 Å². The van der Waals surface area contributed by atoms with Crippen LogP contribution >= 0.6 is 0 Å². The topological polar surface area (TPSA) is 12.0 Å². The van der Waals surface area contributed by atoms with E-state index in [-0.39, 0.29) is 0 Å². The molecule has 3 rings (SSSR count). The van der Waals surface area contributed by atoms with Crippen LogP contribution in [0.4, 0.5) is 0 Å².